The van der Waals surface area contributed by atoms with Crippen LogP contribution in [0.5, 0.6) is 0 Å². The van der Waals surface area contributed by atoms with Crippen LogP contribution in [0.3, 0.4) is 0 Å². The van der Waals surface area contributed by atoms with Gasteiger partial charge in [-0.25, -0.2) is 8.42 Å². The van der Waals surface area contributed by atoms with Crippen molar-refractivity contribution in [3.8, 4) is 0 Å². The molecule has 2 N–H and O–H groups in total. The van der Waals surface area contributed by atoms with Gasteiger partial charge in [0.2, 0.25) is 5.91 Å². The molecule has 0 aliphatic carbocycles. The number of sulfone groups is 1. The maximum atomic E-state index is 11.9. The van der Waals surface area contributed by atoms with Crippen LogP contribution in [0.25, 0.3) is 0 Å². The molecule has 1 amide bonds. The maximum Gasteiger partial charge on any atom is 0.234 e. The first kappa shape index (κ1) is 15.0. The van der Waals surface area contributed by atoms with Crippen molar-refractivity contribution in [3.63, 3.8) is 0 Å². The van der Waals surface area contributed by atoms with E-state index in [1.54, 1.807) is 0 Å². The van der Waals surface area contributed by atoms with Gasteiger partial charge in [-0.3, -0.25) is 9.69 Å². The van der Waals surface area contributed by atoms with Gasteiger partial charge in [0.25, 0.3) is 0 Å². The van der Waals surface area contributed by atoms with Crippen molar-refractivity contribution < 1.29 is 18.3 Å². The molecule has 2 aliphatic rings. The zero-order valence-corrected chi connectivity index (χ0v) is 12.2. The molecule has 8 heteroatoms. The molecule has 0 aromatic heterocycles. The van der Waals surface area contributed by atoms with Gasteiger partial charge in [-0.2, -0.15) is 0 Å². The highest BCUT2D eigenvalue weighted by Crippen LogP contribution is 2.19. The second-order valence-corrected chi connectivity index (χ2v) is 7.93. The van der Waals surface area contributed by atoms with E-state index in [-0.39, 0.29) is 36.6 Å². The third-order valence-corrected chi connectivity index (χ3v) is 6.06. The zero-order chi connectivity index (χ0) is 14.0. The molecule has 0 saturated carbocycles. The van der Waals surface area contributed by atoms with Gasteiger partial charge in [0.05, 0.1) is 36.1 Å². The Labute approximate surface area is 118 Å². The summed E-state index contributed by atoms with van der Waals surface area (Å²) in [7, 11) is -3.13. The van der Waals surface area contributed by atoms with Crippen LogP contribution in [0.1, 0.15) is 12.8 Å². The van der Waals surface area contributed by atoms with E-state index in [9.17, 15) is 18.3 Å². The van der Waals surface area contributed by atoms with E-state index in [0.29, 0.717) is 0 Å². The zero-order valence-electron chi connectivity index (χ0n) is 10.6. The van der Waals surface area contributed by atoms with E-state index in [1.165, 1.54) is 0 Å². The fourth-order valence-electron chi connectivity index (χ4n) is 2.68. The number of amides is 1. The first-order chi connectivity index (χ1) is 8.91. The van der Waals surface area contributed by atoms with Crippen molar-refractivity contribution >= 4 is 27.3 Å². The monoisotopic (exact) mass is 310 g/mol. The van der Waals surface area contributed by atoms with Gasteiger partial charge < -0.3 is 10.4 Å². The third-order valence-electron chi connectivity index (χ3n) is 3.69. The molecule has 0 bridgehead atoms. The van der Waals surface area contributed by atoms with E-state index in [2.05, 4.69) is 5.32 Å². The van der Waals surface area contributed by atoms with Crippen LogP contribution in [0, 0.1) is 0 Å². The summed E-state index contributed by atoms with van der Waals surface area (Å²) in [5, 5.41) is 11.3. The molecule has 0 spiro atoms. The van der Waals surface area contributed by atoms with E-state index in [0.717, 1.165) is 19.4 Å². The Kier molecular flexibility index (Phi) is 4.70. The highest BCUT2D eigenvalue weighted by atomic mass is 35.5. The van der Waals surface area contributed by atoms with Crippen molar-refractivity contribution in [1.82, 2.24) is 10.2 Å². The number of alkyl halides is 1. The van der Waals surface area contributed by atoms with Gasteiger partial charge in [-0.1, -0.05) is 0 Å². The lowest BCUT2D eigenvalue weighted by Gasteiger charge is -2.23. The molecule has 6 nitrogen and oxygen atoms in total. The molecular formula is C11H19ClN2O4S. The summed E-state index contributed by atoms with van der Waals surface area (Å²) in [5.74, 6) is -0.396. The number of hydrogen-bond donors (Lipinski definition) is 2. The predicted octanol–water partition coefficient (Wildman–Crippen LogP) is -1.04. The van der Waals surface area contributed by atoms with E-state index >= 15 is 0 Å². The molecule has 0 radical (unpaired) electrons. The summed E-state index contributed by atoms with van der Waals surface area (Å²) < 4.78 is 22.8. The Morgan fingerprint density at radius 3 is 2.74 bits per heavy atom. The molecule has 2 aliphatic heterocycles. The lowest BCUT2D eigenvalue weighted by Crippen LogP contribution is -2.47. The van der Waals surface area contributed by atoms with Gasteiger partial charge in [0.1, 0.15) is 0 Å². The fraction of sp³-hybridized carbons (Fsp3) is 0.909. The summed E-state index contributed by atoms with van der Waals surface area (Å²) in [6.45, 7) is 1.01. The predicted molar refractivity (Wildman–Crippen MR) is 71.9 cm³/mol. The molecule has 3 unspecified atom stereocenters. The highest BCUT2D eigenvalue weighted by Gasteiger charge is 2.37. The van der Waals surface area contributed by atoms with Gasteiger partial charge in [-0.15, -0.1) is 11.6 Å². The Bertz CT molecular complexity index is 442. The molecule has 2 saturated heterocycles. The maximum absolute atomic E-state index is 11.9. The number of nitrogens with one attached hydrogen (secondary N) is 1. The number of halogens is 1. The Balaban J connectivity index is 1.85. The number of aliphatic hydroxyl groups excluding tert-OH is 1. The average Bonchev–Trinajstić information content (AvgIpc) is 2.83. The molecule has 3 atom stereocenters. The van der Waals surface area contributed by atoms with Gasteiger partial charge in [0, 0.05) is 6.04 Å². The second kappa shape index (κ2) is 5.95. The van der Waals surface area contributed by atoms with Crippen LogP contribution in [-0.4, -0.2) is 73.0 Å². The Morgan fingerprint density at radius 1 is 1.42 bits per heavy atom. The quantitative estimate of drug-likeness (QED) is 0.648. The van der Waals surface area contributed by atoms with Crippen LogP contribution in [0.4, 0.5) is 0 Å². The van der Waals surface area contributed by atoms with Gasteiger partial charge in [0.15, 0.2) is 9.84 Å². The molecule has 19 heavy (non-hydrogen) atoms. The summed E-state index contributed by atoms with van der Waals surface area (Å²) >= 11 is 5.93. The minimum atomic E-state index is -3.13. The first-order valence-electron chi connectivity index (χ1n) is 6.40. The van der Waals surface area contributed by atoms with Crippen LogP contribution in [0.15, 0.2) is 0 Å². The minimum Gasteiger partial charge on any atom is -0.395 e. The second-order valence-electron chi connectivity index (χ2n) is 5.22. The SMILES string of the molecule is O=C(CN1CCCC1CO)NC1CS(=O)(=O)CC1Cl. The number of aliphatic hydroxyl groups is 1. The molecule has 2 fully saturated rings. The van der Waals surface area contributed by atoms with Crippen molar-refractivity contribution in [2.24, 2.45) is 0 Å². The number of hydrogen-bond acceptors (Lipinski definition) is 5. The molecule has 110 valence electrons. The fourth-order valence-corrected chi connectivity index (χ4v) is 5.23. The summed E-state index contributed by atoms with van der Waals surface area (Å²) in [4.78, 5) is 13.8. The Hall–Kier alpha value is -0.370. The topological polar surface area (TPSA) is 86.7 Å². The van der Waals surface area contributed by atoms with Crippen molar-refractivity contribution in [2.45, 2.75) is 30.3 Å². The molecular weight excluding hydrogens is 292 g/mol. The summed E-state index contributed by atoms with van der Waals surface area (Å²) in [6.07, 6.45) is 1.86. The number of rotatable bonds is 4. The molecule has 0 aromatic rings. The molecule has 2 heterocycles. The average molecular weight is 311 g/mol. The molecule has 2 rings (SSSR count). The van der Waals surface area contributed by atoms with E-state index in [1.807, 2.05) is 4.90 Å². The number of nitrogens with zero attached hydrogens (tertiary/aromatic N) is 1. The smallest absolute Gasteiger partial charge is 0.234 e. The lowest BCUT2D eigenvalue weighted by atomic mass is 10.2. The standard InChI is InChI=1S/C11H19ClN2O4S/c12-9-6-19(17,18)7-10(9)13-11(16)4-14-3-1-2-8(14)5-15/h8-10,15H,1-7H2,(H,13,16). The van der Waals surface area contributed by atoms with Gasteiger partial charge >= 0.3 is 0 Å². The number of likely N-dealkylation sites (tertiary alicyclic amines) is 1. The lowest BCUT2D eigenvalue weighted by molar-refractivity contribution is -0.123. The van der Waals surface area contributed by atoms with Crippen molar-refractivity contribution in [2.75, 3.05) is 31.2 Å². The van der Waals surface area contributed by atoms with Gasteiger partial charge in [-0.05, 0) is 19.4 Å². The first-order valence-corrected chi connectivity index (χ1v) is 8.66. The van der Waals surface area contributed by atoms with E-state index < -0.39 is 21.3 Å². The van der Waals surface area contributed by atoms with Crippen molar-refractivity contribution in [1.29, 1.82) is 0 Å². The molecule has 0 aromatic carbocycles. The highest BCUT2D eigenvalue weighted by molar-refractivity contribution is 7.91. The van der Waals surface area contributed by atoms with Crippen LogP contribution < -0.4 is 5.32 Å². The van der Waals surface area contributed by atoms with Crippen LogP contribution in [-0.2, 0) is 14.6 Å². The Morgan fingerprint density at radius 2 is 2.16 bits per heavy atom. The summed E-state index contributed by atoms with van der Waals surface area (Å²) in [5.41, 5.74) is 0. The van der Waals surface area contributed by atoms with Crippen molar-refractivity contribution in [3.05, 3.63) is 0 Å². The summed E-state index contributed by atoms with van der Waals surface area (Å²) in [6, 6.07) is -0.473. The normalized spacial score (nSPS) is 34.5. The number of carbonyl (C=O) groups excluding carboxylic acids is 1. The minimum absolute atomic E-state index is 0.0323. The number of carbonyl (C=O) groups is 1. The third kappa shape index (κ3) is 3.81. The van der Waals surface area contributed by atoms with Crippen LogP contribution >= 0.6 is 11.6 Å². The largest absolute Gasteiger partial charge is 0.395 e. The van der Waals surface area contributed by atoms with Crippen LogP contribution in [0.2, 0.25) is 0 Å². The van der Waals surface area contributed by atoms with E-state index in [4.69, 9.17) is 11.6 Å².